The van der Waals surface area contributed by atoms with E-state index in [1.807, 2.05) is 18.2 Å². The minimum Gasteiger partial charge on any atom is -0.616 e. The molecule has 0 N–H and O–H groups in total. The molecular weight excluding hydrogens is 178 g/mol. The number of nitrogens with zero attached hydrogens (tertiary/aromatic N) is 1. The van der Waals surface area contributed by atoms with Crippen molar-refractivity contribution >= 4 is 0 Å². The SMILES string of the molecule is [O-][n+]1ccccc1Oc1ccccc1. The maximum Gasteiger partial charge on any atom is 0.384 e. The first kappa shape index (κ1) is 8.56. The molecule has 0 fully saturated rings. The smallest absolute Gasteiger partial charge is 0.384 e. The lowest BCUT2D eigenvalue weighted by Gasteiger charge is -2.04. The third-order valence-electron chi connectivity index (χ3n) is 1.75. The minimum absolute atomic E-state index is 0.277. The van der Waals surface area contributed by atoms with Gasteiger partial charge in [-0.25, -0.2) is 0 Å². The lowest BCUT2D eigenvalue weighted by atomic mass is 10.3. The second-order valence-electron chi connectivity index (χ2n) is 2.78. The molecule has 1 heterocycles. The summed E-state index contributed by atoms with van der Waals surface area (Å²) in [5.41, 5.74) is 0. The lowest BCUT2D eigenvalue weighted by Crippen LogP contribution is -2.26. The zero-order valence-corrected chi connectivity index (χ0v) is 7.46. The molecule has 3 heteroatoms. The van der Waals surface area contributed by atoms with Crippen molar-refractivity contribution < 1.29 is 9.47 Å². The van der Waals surface area contributed by atoms with Gasteiger partial charge >= 0.3 is 5.88 Å². The number of hydrogen-bond acceptors (Lipinski definition) is 2. The number of benzene rings is 1. The largest absolute Gasteiger partial charge is 0.616 e. The summed E-state index contributed by atoms with van der Waals surface area (Å²) in [6, 6.07) is 14.2. The lowest BCUT2D eigenvalue weighted by molar-refractivity contribution is -0.611. The Labute approximate surface area is 81.8 Å². The summed E-state index contributed by atoms with van der Waals surface area (Å²) in [5, 5.41) is 11.2. The van der Waals surface area contributed by atoms with Crippen LogP contribution in [0.15, 0.2) is 54.7 Å². The van der Waals surface area contributed by atoms with Gasteiger partial charge in [0, 0.05) is 6.07 Å². The standard InChI is InChI=1S/C11H9NO2/c13-12-9-5-4-8-11(12)14-10-6-2-1-3-7-10/h1-9H. The highest BCUT2D eigenvalue weighted by Gasteiger charge is 2.04. The molecule has 3 nitrogen and oxygen atoms in total. The highest BCUT2D eigenvalue weighted by molar-refractivity contribution is 5.24. The topological polar surface area (TPSA) is 36.2 Å². The van der Waals surface area contributed by atoms with E-state index in [9.17, 15) is 5.21 Å². The molecule has 0 aliphatic rings. The molecule has 2 aromatic rings. The molecule has 1 aromatic heterocycles. The molecule has 0 aliphatic heterocycles. The molecule has 0 saturated heterocycles. The summed E-state index contributed by atoms with van der Waals surface area (Å²) in [6.07, 6.45) is 1.40. The fourth-order valence-electron chi connectivity index (χ4n) is 1.10. The zero-order chi connectivity index (χ0) is 9.80. The highest BCUT2D eigenvalue weighted by atomic mass is 16.6. The third kappa shape index (κ3) is 1.82. The summed E-state index contributed by atoms with van der Waals surface area (Å²) in [4.78, 5) is 0. The Morgan fingerprint density at radius 3 is 2.36 bits per heavy atom. The average Bonchev–Trinajstić information content (AvgIpc) is 2.23. The van der Waals surface area contributed by atoms with Gasteiger partial charge in [-0.2, -0.15) is 0 Å². The minimum atomic E-state index is 0.277. The molecular formula is C11H9NO2. The molecule has 0 unspecified atom stereocenters. The van der Waals surface area contributed by atoms with E-state index in [2.05, 4.69) is 0 Å². The number of rotatable bonds is 2. The van der Waals surface area contributed by atoms with E-state index in [-0.39, 0.29) is 5.88 Å². The molecule has 14 heavy (non-hydrogen) atoms. The van der Waals surface area contributed by atoms with Gasteiger partial charge in [-0.15, -0.1) is 4.73 Å². The molecule has 0 spiro atoms. The maximum absolute atomic E-state index is 11.2. The summed E-state index contributed by atoms with van der Waals surface area (Å²) in [7, 11) is 0. The van der Waals surface area contributed by atoms with Crippen LogP contribution in [0.2, 0.25) is 0 Å². The summed E-state index contributed by atoms with van der Waals surface area (Å²) >= 11 is 0. The summed E-state index contributed by atoms with van der Waals surface area (Å²) in [6.45, 7) is 0. The van der Waals surface area contributed by atoms with Crippen LogP contribution >= 0.6 is 0 Å². The van der Waals surface area contributed by atoms with Crippen LogP contribution in [0.1, 0.15) is 0 Å². The number of para-hydroxylation sites is 1. The first-order valence-electron chi connectivity index (χ1n) is 4.27. The van der Waals surface area contributed by atoms with E-state index < -0.39 is 0 Å². The van der Waals surface area contributed by atoms with Crippen molar-refractivity contribution in [3.8, 4) is 11.6 Å². The van der Waals surface area contributed by atoms with Crippen LogP contribution in [-0.2, 0) is 0 Å². The third-order valence-corrected chi connectivity index (χ3v) is 1.75. The summed E-state index contributed by atoms with van der Waals surface area (Å²) < 4.78 is 6.05. The molecule has 0 bridgehead atoms. The first-order chi connectivity index (χ1) is 6.86. The Kier molecular flexibility index (Phi) is 2.32. The monoisotopic (exact) mass is 187 g/mol. The van der Waals surface area contributed by atoms with Crippen LogP contribution in [0.25, 0.3) is 0 Å². The predicted molar refractivity (Wildman–Crippen MR) is 51.9 cm³/mol. The maximum atomic E-state index is 11.2. The van der Waals surface area contributed by atoms with Gasteiger partial charge in [-0.1, -0.05) is 18.2 Å². The Balaban J connectivity index is 2.24. The van der Waals surface area contributed by atoms with E-state index in [4.69, 9.17) is 4.74 Å². The molecule has 2 rings (SSSR count). The van der Waals surface area contributed by atoms with Crippen LogP contribution in [0.5, 0.6) is 11.6 Å². The second kappa shape index (κ2) is 3.79. The van der Waals surface area contributed by atoms with Gasteiger partial charge in [0.05, 0.1) is 6.07 Å². The second-order valence-corrected chi connectivity index (χ2v) is 2.78. The number of aromatic nitrogens is 1. The van der Waals surface area contributed by atoms with E-state index in [0.717, 1.165) is 0 Å². The summed E-state index contributed by atoms with van der Waals surface area (Å²) in [5.74, 6) is 0.932. The highest BCUT2D eigenvalue weighted by Crippen LogP contribution is 2.16. The van der Waals surface area contributed by atoms with E-state index in [0.29, 0.717) is 10.5 Å². The van der Waals surface area contributed by atoms with Crippen molar-refractivity contribution in [1.29, 1.82) is 0 Å². The Hall–Kier alpha value is -2.03. The zero-order valence-electron chi connectivity index (χ0n) is 7.46. The molecule has 0 aliphatic carbocycles. The Bertz CT molecular complexity index is 415. The van der Waals surface area contributed by atoms with Crippen LogP contribution in [0.4, 0.5) is 0 Å². The number of pyridine rings is 1. The molecule has 0 saturated carbocycles. The van der Waals surface area contributed by atoms with Gasteiger partial charge < -0.3 is 9.94 Å². The van der Waals surface area contributed by atoms with E-state index >= 15 is 0 Å². The Morgan fingerprint density at radius 2 is 1.64 bits per heavy atom. The van der Waals surface area contributed by atoms with Crippen molar-refractivity contribution in [2.45, 2.75) is 0 Å². The molecule has 0 amide bonds. The van der Waals surface area contributed by atoms with Gasteiger partial charge in [0.15, 0.2) is 6.20 Å². The molecule has 0 radical (unpaired) electrons. The van der Waals surface area contributed by atoms with Gasteiger partial charge in [-0.3, -0.25) is 0 Å². The van der Waals surface area contributed by atoms with E-state index in [1.165, 1.54) is 6.20 Å². The average molecular weight is 187 g/mol. The van der Waals surface area contributed by atoms with Crippen LogP contribution in [0.3, 0.4) is 0 Å². The van der Waals surface area contributed by atoms with Gasteiger partial charge in [0.1, 0.15) is 5.75 Å². The van der Waals surface area contributed by atoms with Gasteiger partial charge in [0.25, 0.3) is 0 Å². The molecule has 1 aromatic carbocycles. The van der Waals surface area contributed by atoms with Crippen molar-refractivity contribution in [1.82, 2.24) is 0 Å². The fraction of sp³-hybridized carbons (Fsp3) is 0. The van der Waals surface area contributed by atoms with E-state index in [1.54, 1.807) is 30.3 Å². The van der Waals surface area contributed by atoms with Crippen molar-refractivity contribution in [3.05, 3.63) is 59.9 Å². The fourth-order valence-corrected chi connectivity index (χ4v) is 1.10. The van der Waals surface area contributed by atoms with Crippen LogP contribution in [-0.4, -0.2) is 0 Å². The molecule has 70 valence electrons. The van der Waals surface area contributed by atoms with Gasteiger partial charge in [-0.05, 0) is 18.2 Å². The van der Waals surface area contributed by atoms with Crippen molar-refractivity contribution in [3.63, 3.8) is 0 Å². The quantitative estimate of drug-likeness (QED) is 0.533. The molecule has 0 atom stereocenters. The first-order valence-corrected chi connectivity index (χ1v) is 4.27. The van der Waals surface area contributed by atoms with Crippen LogP contribution in [0, 0.1) is 5.21 Å². The number of ether oxygens (including phenoxy) is 1. The van der Waals surface area contributed by atoms with Crippen molar-refractivity contribution in [2.24, 2.45) is 0 Å². The van der Waals surface area contributed by atoms with Gasteiger partial charge in [0.2, 0.25) is 0 Å². The predicted octanol–water partition coefficient (Wildman–Crippen LogP) is 2.11. The normalized spacial score (nSPS) is 9.71. The Morgan fingerprint density at radius 1 is 0.929 bits per heavy atom. The van der Waals surface area contributed by atoms with Crippen LogP contribution < -0.4 is 9.47 Å². The van der Waals surface area contributed by atoms with Crippen molar-refractivity contribution in [2.75, 3.05) is 0 Å². The number of hydrogen-bond donors (Lipinski definition) is 0.